The molecule has 1 N–H and O–H groups in total. The Morgan fingerprint density at radius 3 is 2.80 bits per heavy atom. The molecule has 3 atom stereocenters. The fraction of sp³-hybridized carbons (Fsp3) is 0.562. The van der Waals surface area contributed by atoms with Crippen LogP contribution in [0.3, 0.4) is 0 Å². The molecule has 110 valence electrons. The average molecular weight is 403 g/mol. The number of Topliss-reactive ketones (excluding diaryl/α,β-unsaturated/α-hetero) is 1. The molecular formula is C16H21Br2NO. The van der Waals surface area contributed by atoms with Gasteiger partial charge in [-0.3, -0.25) is 4.79 Å². The van der Waals surface area contributed by atoms with Crippen molar-refractivity contribution in [1.82, 2.24) is 5.32 Å². The van der Waals surface area contributed by atoms with Crippen molar-refractivity contribution in [1.29, 1.82) is 0 Å². The Morgan fingerprint density at radius 2 is 2.05 bits per heavy atom. The molecule has 1 aromatic carbocycles. The summed E-state index contributed by atoms with van der Waals surface area (Å²) in [5.74, 6) is 0.456. The number of fused-ring (bicyclic) bond motifs is 1. The summed E-state index contributed by atoms with van der Waals surface area (Å²) < 4.78 is 1.14. The van der Waals surface area contributed by atoms with Crippen LogP contribution in [-0.2, 0) is 4.79 Å². The van der Waals surface area contributed by atoms with Crippen molar-refractivity contribution >= 4 is 38.7 Å². The van der Waals surface area contributed by atoms with Gasteiger partial charge in [0.1, 0.15) is 5.78 Å². The zero-order chi connectivity index (χ0) is 13.5. The van der Waals surface area contributed by atoms with E-state index in [1.807, 2.05) is 6.07 Å². The first-order valence-corrected chi connectivity index (χ1v) is 7.94. The van der Waals surface area contributed by atoms with Gasteiger partial charge >= 0.3 is 0 Å². The lowest BCUT2D eigenvalue weighted by Crippen LogP contribution is -2.39. The molecule has 2 aliphatic rings. The van der Waals surface area contributed by atoms with Crippen LogP contribution in [0.2, 0.25) is 0 Å². The van der Waals surface area contributed by atoms with Gasteiger partial charge in [0.05, 0.1) is 0 Å². The van der Waals surface area contributed by atoms with Crippen molar-refractivity contribution < 1.29 is 4.79 Å². The smallest absolute Gasteiger partial charge is 0.140 e. The molecule has 0 spiro atoms. The molecule has 1 aliphatic heterocycles. The standard InChI is InChI=1S/C16H20BrNO.BrH/c1-16-10-13(11-6-2-3-7-12(11)17)18-14(16)8-4-5-9-15(16)19;/h2-3,6-7,13-14,18H,4-5,8-10H2,1H3;1H/t13-,14-,16-;/m0./s1. The summed E-state index contributed by atoms with van der Waals surface area (Å²) >= 11 is 3.63. The first kappa shape index (κ1) is 16.2. The van der Waals surface area contributed by atoms with E-state index in [1.54, 1.807) is 0 Å². The molecule has 0 amide bonds. The summed E-state index contributed by atoms with van der Waals surface area (Å²) in [6.07, 6.45) is 5.05. The number of rotatable bonds is 1. The van der Waals surface area contributed by atoms with E-state index in [0.717, 1.165) is 30.2 Å². The van der Waals surface area contributed by atoms with E-state index >= 15 is 0 Å². The minimum absolute atomic E-state index is 0. The maximum absolute atomic E-state index is 12.4. The maximum atomic E-state index is 12.4. The van der Waals surface area contributed by atoms with Gasteiger partial charge in [0.2, 0.25) is 0 Å². The Labute approximate surface area is 139 Å². The summed E-state index contributed by atoms with van der Waals surface area (Å²) in [5.41, 5.74) is 1.11. The van der Waals surface area contributed by atoms with Crippen LogP contribution in [-0.4, -0.2) is 11.8 Å². The van der Waals surface area contributed by atoms with Crippen molar-refractivity contribution in [3.8, 4) is 0 Å². The fourth-order valence-electron chi connectivity index (χ4n) is 3.64. The van der Waals surface area contributed by atoms with Crippen LogP contribution in [0, 0.1) is 5.41 Å². The van der Waals surface area contributed by atoms with Gasteiger partial charge in [0, 0.05) is 28.4 Å². The first-order valence-electron chi connectivity index (χ1n) is 7.15. The molecule has 20 heavy (non-hydrogen) atoms. The van der Waals surface area contributed by atoms with Crippen molar-refractivity contribution in [2.75, 3.05) is 0 Å². The minimum atomic E-state index is -0.170. The third-order valence-electron chi connectivity index (χ3n) is 4.86. The lowest BCUT2D eigenvalue weighted by molar-refractivity contribution is -0.127. The first-order chi connectivity index (χ1) is 9.11. The quantitative estimate of drug-likeness (QED) is 0.744. The van der Waals surface area contributed by atoms with E-state index in [-0.39, 0.29) is 22.4 Å². The number of benzene rings is 1. The fourth-order valence-corrected chi connectivity index (χ4v) is 4.20. The van der Waals surface area contributed by atoms with E-state index in [4.69, 9.17) is 0 Å². The Bertz CT molecular complexity index is 505. The highest BCUT2D eigenvalue weighted by Gasteiger charge is 2.49. The molecule has 4 heteroatoms. The molecule has 2 nitrogen and oxygen atoms in total. The largest absolute Gasteiger partial charge is 0.306 e. The van der Waals surface area contributed by atoms with Gasteiger partial charge < -0.3 is 5.32 Å². The van der Waals surface area contributed by atoms with Crippen molar-refractivity contribution in [2.45, 2.75) is 51.1 Å². The number of carbonyl (C=O) groups is 1. The van der Waals surface area contributed by atoms with Crippen LogP contribution in [0.25, 0.3) is 0 Å². The van der Waals surface area contributed by atoms with Crippen LogP contribution in [0.1, 0.15) is 50.6 Å². The van der Waals surface area contributed by atoms with Crippen molar-refractivity contribution in [3.63, 3.8) is 0 Å². The number of ketones is 1. The van der Waals surface area contributed by atoms with Crippen LogP contribution < -0.4 is 5.32 Å². The van der Waals surface area contributed by atoms with E-state index < -0.39 is 0 Å². The number of nitrogens with one attached hydrogen (secondary N) is 1. The average Bonchev–Trinajstić information content (AvgIpc) is 2.67. The van der Waals surface area contributed by atoms with Crippen LogP contribution in [0.5, 0.6) is 0 Å². The number of carbonyl (C=O) groups excluding carboxylic acids is 1. The maximum Gasteiger partial charge on any atom is 0.140 e. The van der Waals surface area contributed by atoms with Crippen LogP contribution >= 0.6 is 32.9 Å². The SMILES string of the molecule is Br.C[C@]12C[C@@H](c3ccccc3Br)N[C@H]1CCCCC2=O. The lowest BCUT2D eigenvalue weighted by Gasteiger charge is -2.26. The highest BCUT2D eigenvalue weighted by atomic mass is 79.9. The Morgan fingerprint density at radius 1 is 1.30 bits per heavy atom. The third kappa shape index (κ3) is 2.75. The van der Waals surface area contributed by atoms with Gasteiger partial charge in [-0.1, -0.05) is 47.5 Å². The normalized spacial score (nSPS) is 33.2. The summed E-state index contributed by atoms with van der Waals surface area (Å²) in [6, 6.07) is 8.98. The molecule has 1 aromatic rings. The zero-order valence-corrected chi connectivity index (χ0v) is 15.0. The minimum Gasteiger partial charge on any atom is -0.306 e. The molecule has 0 unspecified atom stereocenters. The third-order valence-corrected chi connectivity index (χ3v) is 5.59. The summed E-state index contributed by atoms with van der Waals surface area (Å²) in [4.78, 5) is 12.4. The number of hydrogen-bond donors (Lipinski definition) is 1. The van der Waals surface area contributed by atoms with E-state index in [1.165, 1.54) is 12.0 Å². The highest BCUT2D eigenvalue weighted by Crippen LogP contribution is 2.46. The van der Waals surface area contributed by atoms with Crippen LogP contribution in [0.15, 0.2) is 28.7 Å². The molecule has 1 aliphatic carbocycles. The molecule has 1 heterocycles. The Balaban J connectivity index is 0.00000147. The van der Waals surface area contributed by atoms with Gasteiger partial charge in [-0.05, 0) is 30.9 Å². The van der Waals surface area contributed by atoms with E-state index in [9.17, 15) is 4.79 Å². The Hall–Kier alpha value is -0.190. The van der Waals surface area contributed by atoms with Gasteiger partial charge in [-0.25, -0.2) is 0 Å². The predicted octanol–water partition coefficient (Wildman–Crippen LogP) is 4.58. The highest BCUT2D eigenvalue weighted by molar-refractivity contribution is 9.10. The zero-order valence-electron chi connectivity index (χ0n) is 11.7. The van der Waals surface area contributed by atoms with E-state index in [0.29, 0.717) is 17.9 Å². The number of halogens is 2. The molecule has 1 saturated carbocycles. The lowest BCUT2D eigenvalue weighted by atomic mass is 9.76. The summed E-state index contributed by atoms with van der Waals surface area (Å²) in [7, 11) is 0. The molecule has 2 fully saturated rings. The molecule has 0 aromatic heterocycles. The second-order valence-corrected chi connectivity index (χ2v) is 6.94. The molecule has 0 bridgehead atoms. The van der Waals surface area contributed by atoms with Gasteiger partial charge in [0.25, 0.3) is 0 Å². The van der Waals surface area contributed by atoms with Crippen molar-refractivity contribution in [3.05, 3.63) is 34.3 Å². The molecule has 3 rings (SSSR count). The second kappa shape index (κ2) is 6.29. The van der Waals surface area contributed by atoms with Crippen LogP contribution in [0.4, 0.5) is 0 Å². The molecular weight excluding hydrogens is 382 g/mol. The van der Waals surface area contributed by atoms with Gasteiger partial charge in [-0.2, -0.15) is 0 Å². The number of hydrogen-bond acceptors (Lipinski definition) is 2. The molecule has 0 radical (unpaired) electrons. The Kier molecular flexibility index (Phi) is 5.09. The summed E-state index contributed by atoms with van der Waals surface area (Å²) in [6.45, 7) is 2.16. The van der Waals surface area contributed by atoms with E-state index in [2.05, 4.69) is 46.4 Å². The summed E-state index contributed by atoms with van der Waals surface area (Å²) in [5, 5.41) is 3.71. The van der Waals surface area contributed by atoms with Crippen molar-refractivity contribution in [2.24, 2.45) is 5.41 Å². The predicted molar refractivity (Wildman–Crippen MR) is 90.3 cm³/mol. The van der Waals surface area contributed by atoms with Gasteiger partial charge in [-0.15, -0.1) is 17.0 Å². The second-order valence-electron chi connectivity index (χ2n) is 6.08. The molecule has 1 saturated heterocycles. The monoisotopic (exact) mass is 401 g/mol. The topological polar surface area (TPSA) is 29.1 Å². The van der Waals surface area contributed by atoms with Gasteiger partial charge in [0.15, 0.2) is 0 Å².